The average Bonchev–Trinajstić information content (AvgIpc) is 2.95. The summed E-state index contributed by atoms with van der Waals surface area (Å²) >= 11 is 0. The maximum atomic E-state index is 13.4. The molecule has 0 amide bonds. The molecule has 1 unspecified atom stereocenters. The van der Waals surface area contributed by atoms with E-state index in [0.717, 1.165) is 5.56 Å². The first-order valence-electron chi connectivity index (χ1n) is 13.8. The zero-order valence-corrected chi connectivity index (χ0v) is 26.1. The Morgan fingerprint density at radius 1 is 0.977 bits per heavy atom. The van der Waals surface area contributed by atoms with Crippen LogP contribution in [0.3, 0.4) is 0 Å². The fourth-order valence-corrected chi connectivity index (χ4v) is 5.91. The van der Waals surface area contributed by atoms with Crippen molar-refractivity contribution in [3.8, 4) is 0 Å². The smallest absolute Gasteiger partial charge is 0.336 e. The molecule has 0 saturated carbocycles. The van der Waals surface area contributed by atoms with Crippen LogP contribution >= 0.6 is 0 Å². The summed E-state index contributed by atoms with van der Waals surface area (Å²) in [5.41, 5.74) is 1.92. The van der Waals surface area contributed by atoms with Crippen molar-refractivity contribution >= 4 is 27.7 Å². The van der Waals surface area contributed by atoms with Gasteiger partial charge in [0.25, 0.3) is 15.8 Å². The molecule has 1 aliphatic heterocycles. The van der Waals surface area contributed by atoms with Crippen molar-refractivity contribution in [1.29, 1.82) is 0 Å². The molecule has 0 fully saturated rings. The van der Waals surface area contributed by atoms with E-state index in [4.69, 9.17) is 13.7 Å². The van der Waals surface area contributed by atoms with E-state index in [0.29, 0.717) is 36.2 Å². The van der Waals surface area contributed by atoms with Gasteiger partial charge in [0.05, 0.1) is 47.2 Å². The number of dihydropyridines is 1. The number of hydrogen-bond donors (Lipinski definition) is 1. The molecule has 0 bridgehead atoms. The van der Waals surface area contributed by atoms with Crippen molar-refractivity contribution in [3.05, 3.63) is 92.3 Å². The highest BCUT2D eigenvalue weighted by Gasteiger charge is 2.38. The number of methoxy groups -OCH3 is 1. The summed E-state index contributed by atoms with van der Waals surface area (Å²) in [4.78, 5) is 37.2. The summed E-state index contributed by atoms with van der Waals surface area (Å²) in [5, 5.41) is 14.5. The summed E-state index contributed by atoms with van der Waals surface area (Å²) < 4.78 is 41.0. The van der Waals surface area contributed by atoms with Gasteiger partial charge in [-0.3, -0.25) is 14.3 Å². The molecular formula is C31H38N2O9S. The molecule has 1 N–H and O–H groups in total. The largest absolute Gasteiger partial charge is 0.466 e. The number of nitrogens with one attached hydrogen (secondary N) is 1. The van der Waals surface area contributed by atoms with Gasteiger partial charge in [-0.15, -0.1) is 0 Å². The number of allylic oxidation sites excluding steroid dienone is 2. The third-order valence-electron chi connectivity index (χ3n) is 7.20. The number of ether oxygens (including phenoxy) is 2. The third kappa shape index (κ3) is 8.51. The van der Waals surface area contributed by atoms with Gasteiger partial charge in [-0.25, -0.2) is 9.59 Å². The molecular weight excluding hydrogens is 576 g/mol. The van der Waals surface area contributed by atoms with Gasteiger partial charge in [-0.1, -0.05) is 43.7 Å². The van der Waals surface area contributed by atoms with Gasteiger partial charge in [-0.2, -0.15) is 8.42 Å². The van der Waals surface area contributed by atoms with E-state index in [2.05, 4.69) is 5.32 Å². The van der Waals surface area contributed by atoms with E-state index in [-0.39, 0.29) is 34.9 Å². The van der Waals surface area contributed by atoms with E-state index in [9.17, 15) is 28.1 Å². The Bertz CT molecular complexity index is 1540. The fraction of sp³-hybridized carbons (Fsp3) is 0.419. The number of benzene rings is 2. The highest BCUT2D eigenvalue weighted by atomic mass is 32.2. The van der Waals surface area contributed by atoms with E-state index >= 15 is 0 Å². The lowest BCUT2D eigenvalue weighted by Crippen LogP contribution is -2.32. The molecule has 2 aromatic carbocycles. The van der Waals surface area contributed by atoms with Gasteiger partial charge in [0.1, 0.15) is 0 Å². The van der Waals surface area contributed by atoms with Crippen LogP contribution in [0.15, 0.2) is 76.0 Å². The number of nitrogens with zero attached hydrogens (tertiary/aromatic N) is 1. The maximum Gasteiger partial charge on any atom is 0.336 e. The van der Waals surface area contributed by atoms with Crippen molar-refractivity contribution in [2.45, 2.75) is 64.7 Å². The van der Waals surface area contributed by atoms with Crippen LogP contribution in [-0.2, 0) is 33.4 Å². The number of esters is 2. The molecule has 0 saturated heterocycles. The molecule has 1 aliphatic rings. The number of rotatable bonds is 13. The van der Waals surface area contributed by atoms with Crippen LogP contribution in [0.5, 0.6) is 0 Å². The van der Waals surface area contributed by atoms with E-state index < -0.39 is 38.3 Å². The first-order valence-corrected chi connectivity index (χ1v) is 15.2. The predicted molar refractivity (Wildman–Crippen MR) is 159 cm³/mol. The van der Waals surface area contributed by atoms with Crippen molar-refractivity contribution in [1.82, 2.24) is 5.32 Å². The number of unbranched alkanes of at least 4 members (excludes halogenated alkanes) is 1. The summed E-state index contributed by atoms with van der Waals surface area (Å²) in [5.74, 6) is -2.27. The van der Waals surface area contributed by atoms with Gasteiger partial charge in [0, 0.05) is 23.5 Å². The normalized spacial score (nSPS) is 15.6. The number of nitro groups is 1. The summed E-state index contributed by atoms with van der Waals surface area (Å²) in [6, 6.07) is 12.2. The van der Waals surface area contributed by atoms with E-state index in [1.807, 2.05) is 20.8 Å². The SMILES string of the molecule is COC(=O)C1=C(C)NC(C)=C(C(=O)OCCCCC(C)(C)COS(=O)(=O)c2ccc(C)cc2)C1c1cccc([N+](=O)[O-])c1. The third-order valence-corrected chi connectivity index (χ3v) is 8.47. The van der Waals surface area contributed by atoms with E-state index in [1.54, 1.807) is 32.0 Å². The van der Waals surface area contributed by atoms with Crippen LogP contribution in [0.2, 0.25) is 0 Å². The van der Waals surface area contributed by atoms with Crippen LogP contribution in [-0.4, -0.2) is 45.6 Å². The van der Waals surface area contributed by atoms with Crippen LogP contribution in [0.25, 0.3) is 0 Å². The maximum absolute atomic E-state index is 13.4. The predicted octanol–water partition coefficient (Wildman–Crippen LogP) is 5.46. The summed E-state index contributed by atoms with van der Waals surface area (Å²) in [7, 11) is -2.66. The Hall–Kier alpha value is -4.03. The Balaban J connectivity index is 1.64. The van der Waals surface area contributed by atoms with Gasteiger partial charge >= 0.3 is 11.9 Å². The molecule has 1 heterocycles. The van der Waals surface area contributed by atoms with Gasteiger partial charge in [0.15, 0.2) is 0 Å². The molecule has 232 valence electrons. The number of nitro benzene ring substituents is 1. The molecule has 0 aliphatic carbocycles. The van der Waals surface area contributed by atoms with Crippen molar-refractivity contribution in [3.63, 3.8) is 0 Å². The minimum atomic E-state index is -3.88. The highest BCUT2D eigenvalue weighted by molar-refractivity contribution is 7.86. The number of hydrogen-bond acceptors (Lipinski definition) is 10. The van der Waals surface area contributed by atoms with Crippen LogP contribution in [0.4, 0.5) is 5.69 Å². The Morgan fingerprint density at radius 2 is 1.60 bits per heavy atom. The second-order valence-electron chi connectivity index (χ2n) is 11.3. The molecule has 12 heteroatoms. The second-order valence-corrected chi connectivity index (χ2v) is 12.9. The first-order chi connectivity index (χ1) is 20.2. The topological polar surface area (TPSA) is 151 Å². The molecule has 3 rings (SSSR count). The summed E-state index contributed by atoms with van der Waals surface area (Å²) in [6.45, 7) is 9.08. The Kier molecular flexibility index (Phi) is 10.9. The van der Waals surface area contributed by atoms with Gasteiger partial charge in [-0.05, 0) is 63.1 Å². The second kappa shape index (κ2) is 14.0. The number of non-ortho nitro benzene ring substituents is 1. The van der Waals surface area contributed by atoms with E-state index in [1.165, 1.54) is 37.4 Å². The molecule has 2 aromatic rings. The molecule has 1 atom stereocenters. The van der Waals surface area contributed by atoms with Crippen molar-refractivity contribution in [2.75, 3.05) is 20.3 Å². The van der Waals surface area contributed by atoms with Crippen LogP contribution in [0, 0.1) is 22.5 Å². The van der Waals surface area contributed by atoms with Crippen molar-refractivity contribution in [2.24, 2.45) is 5.41 Å². The number of carbonyl (C=O) groups is 2. The minimum absolute atomic E-state index is 0.00632. The van der Waals surface area contributed by atoms with Crippen LogP contribution in [0.1, 0.15) is 64.0 Å². The molecule has 0 spiro atoms. The Labute approximate surface area is 252 Å². The molecule has 0 aromatic heterocycles. The number of carbonyl (C=O) groups excluding carboxylic acids is 2. The minimum Gasteiger partial charge on any atom is -0.466 e. The average molecular weight is 615 g/mol. The number of aryl methyl sites for hydroxylation is 1. The monoisotopic (exact) mass is 614 g/mol. The lowest BCUT2D eigenvalue weighted by atomic mass is 9.80. The van der Waals surface area contributed by atoms with Gasteiger partial charge in [0.2, 0.25) is 0 Å². The van der Waals surface area contributed by atoms with Gasteiger partial charge < -0.3 is 14.8 Å². The summed E-state index contributed by atoms with van der Waals surface area (Å²) in [6.07, 6.45) is 1.74. The lowest BCUT2D eigenvalue weighted by molar-refractivity contribution is -0.384. The van der Waals surface area contributed by atoms with Crippen LogP contribution < -0.4 is 5.32 Å². The zero-order valence-electron chi connectivity index (χ0n) is 25.3. The molecule has 0 radical (unpaired) electrons. The Morgan fingerprint density at radius 3 is 2.21 bits per heavy atom. The fourth-order valence-electron chi connectivity index (χ4n) is 4.83. The lowest BCUT2D eigenvalue weighted by Gasteiger charge is -2.30. The quantitative estimate of drug-likeness (QED) is 0.101. The highest BCUT2D eigenvalue weighted by Crippen LogP contribution is 2.40. The zero-order chi connectivity index (χ0) is 31.9. The standard InChI is InChI=1S/C31H38N2O9S/c1-20-12-14-25(15-13-20)43(38,39)42-19-31(4,5)16-7-8-17-41-30(35)27-22(3)32-21(2)26(29(34)40-6)28(27)23-10-9-11-24(18-23)33(36)37/h9-15,18,28,32H,7-8,16-17,19H2,1-6H3. The molecule has 43 heavy (non-hydrogen) atoms. The molecule has 11 nitrogen and oxygen atoms in total. The first kappa shape index (κ1) is 33.5. The van der Waals surface area contributed by atoms with Crippen molar-refractivity contribution < 1.29 is 36.6 Å².